The van der Waals surface area contributed by atoms with Crippen molar-refractivity contribution in [2.75, 3.05) is 11.4 Å². The summed E-state index contributed by atoms with van der Waals surface area (Å²) in [5.74, 6) is -0.114. The number of rotatable bonds is 6. The van der Waals surface area contributed by atoms with Crippen molar-refractivity contribution >= 4 is 45.0 Å². The number of hydrogen-bond acceptors (Lipinski definition) is 5. The van der Waals surface area contributed by atoms with Gasteiger partial charge in [-0.1, -0.05) is 23.5 Å². The summed E-state index contributed by atoms with van der Waals surface area (Å²) < 4.78 is 3.06. The number of benzene rings is 2. The first-order chi connectivity index (χ1) is 14.2. The minimum absolute atomic E-state index is 0. The number of para-hydroxylation sites is 1. The molecule has 2 heterocycles. The highest BCUT2D eigenvalue weighted by Crippen LogP contribution is 2.31. The number of aryl methyl sites for hydroxylation is 2. The highest BCUT2D eigenvalue weighted by Gasteiger charge is 2.21. The Balaban J connectivity index is 0.00000256. The van der Waals surface area contributed by atoms with E-state index in [0.29, 0.717) is 22.8 Å². The summed E-state index contributed by atoms with van der Waals surface area (Å²) in [6.45, 7) is 3.33. The van der Waals surface area contributed by atoms with Crippen LogP contribution in [0.3, 0.4) is 0 Å². The Morgan fingerprint density at radius 2 is 2.03 bits per heavy atom. The van der Waals surface area contributed by atoms with E-state index < -0.39 is 0 Å². The van der Waals surface area contributed by atoms with Gasteiger partial charge >= 0.3 is 0 Å². The van der Waals surface area contributed by atoms with Crippen LogP contribution in [0.1, 0.15) is 27.9 Å². The lowest BCUT2D eigenvalue weighted by Crippen LogP contribution is -2.32. The number of amides is 1. The number of anilines is 1. The fraction of sp³-hybridized carbons (Fsp3) is 0.182. The van der Waals surface area contributed by atoms with Crippen LogP contribution in [0.2, 0.25) is 0 Å². The van der Waals surface area contributed by atoms with Crippen LogP contribution in [0, 0.1) is 18.3 Å². The summed E-state index contributed by atoms with van der Waals surface area (Å²) in [6.07, 6.45) is 6.20. The normalized spacial score (nSPS) is 10.4. The van der Waals surface area contributed by atoms with Crippen LogP contribution in [-0.2, 0) is 6.54 Å². The zero-order valence-electron chi connectivity index (χ0n) is 16.4. The van der Waals surface area contributed by atoms with Gasteiger partial charge in [0.1, 0.15) is 0 Å². The first-order valence-electron chi connectivity index (χ1n) is 9.29. The monoisotopic (exact) mass is 437 g/mol. The molecule has 0 atom stereocenters. The van der Waals surface area contributed by atoms with Gasteiger partial charge in [-0.25, -0.2) is 9.97 Å². The summed E-state index contributed by atoms with van der Waals surface area (Å²) in [6, 6.07) is 14.9. The van der Waals surface area contributed by atoms with Gasteiger partial charge in [0, 0.05) is 31.0 Å². The standard InChI is InChI=1S/C22H19N5OS.ClH/c1-16-4-2-5-19-20(16)25-22(29-19)27(12-3-11-26-13-10-24-15-26)21(28)18-8-6-17(14-23)7-9-18;/h2,4-10,13,15H,3,11-12H2,1H3;1H. The molecule has 0 aliphatic rings. The van der Waals surface area contributed by atoms with E-state index in [9.17, 15) is 4.79 Å². The molecule has 0 aliphatic carbocycles. The van der Waals surface area contributed by atoms with Gasteiger partial charge in [-0.3, -0.25) is 9.69 Å². The van der Waals surface area contributed by atoms with Crippen molar-refractivity contribution in [3.8, 4) is 6.07 Å². The van der Waals surface area contributed by atoms with E-state index in [1.54, 1.807) is 41.7 Å². The molecular formula is C22H20ClN5OS. The molecule has 0 aliphatic heterocycles. The van der Waals surface area contributed by atoms with Gasteiger partial charge in [0.2, 0.25) is 0 Å². The summed E-state index contributed by atoms with van der Waals surface area (Å²) in [5, 5.41) is 9.70. The molecule has 0 saturated heterocycles. The van der Waals surface area contributed by atoms with Gasteiger partial charge in [0.25, 0.3) is 5.91 Å². The van der Waals surface area contributed by atoms with Gasteiger partial charge in [0.05, 0.1) is 28.2 Å². The molecule has 8 heteroatoms. The first kappa shape index (κ1) is 21.5. The number of nitrogens with zero attached hydrogens (tertiary/aromatic N) is 5. The topological polar surface area (TPSA) is 74.8 Å². The maximum absolute atomic E-state index is 13.3. The highest BCUT2D eigenvalue weighted by molar-refractivity contribution is 7.22. The Morgan fingerprint density at radius 3 is 2.70 bits per heavy atom. The average molecular weight is 438 g/mol. The second-order valence-electron chi connectivity index (χ2n) is 6.72. The fourth-order valence-electron chi connectivity index (χ4n) is 3.15. The van der Waals surface area contributed by atoms with E-state index in [1.165, 1.54) is 11.3 Å². The van der Waals surface area contributed by atoms with Crippen LogP contribution in [0.5, 0.6) is 0 Å². The number of fused-ring (bicyclic) bond motifs is 1. The Hall–Kier alpha value is -3.21. The predicted molar refractivity (Wildman–Crippen MR) is 121 cm³/mol. The zero-order valence-corrected chi connectivity index (χ0v) is 18.0. The number of imidazole rings is 1. The molecule has 0 spiro atoms. The highest BCUT2D eigenvalue weighted by atomic mass is 35.5. The zero-order chi connectivity index (χ0) is 20.2. The van der Waals surface area contributed by atoms with E-state index in [1.807, 2.05) is 35.9 Å². The average Bonchev–Trinajstić information content (AvgIpc) is 3.41. The van der Waals surface area contributed by atoms with Gasteiger partial charge in [-0.05, 0) is 49.2 Å². The predicted octanol–water partition coefficient (Wildman–Crippen LogP) is 4.83. The summed E-state index contributed by atoms with van der Waals surface area (Å²) in [5.41, 5.74) is 3.10. The molecule has 30 heavy (non-hydrogen) atoms. The minimum Gasteiger partial charge on any atom is -0.337 e. The molecule has 2 aromatic carbocycles. The summed E-state index contributed by atoms with van der Waals surface area (Å²) in [4.78, 5) is 23.9. The van der Waals surface area contributed by atoms with E-state index in [0.717, 1.165) is 28.7 Å². The summed E-state index contributed by atoms with van der Waals surface area (Å²) >= 11 is 1.52. The minimum atomic E-state index is -0.114. The van der Waals surface area contributed by atoms with Crippen molar-refractivity contribution in [3.05, 3.63) is 77.9 Å². The number of hydrogen-bond donors (Lipinski definition) is 0. The molecule has 152 valence electrons. The third-order valence-corrected chi connectivity index (χ3v) is 5.75. The largest absolute Gasteiger partial charge is 0.337 e. The smallest absolute Gasteiger partial charge is 0.260 e. The lowest BCUT2D eigenvalue weighted by molar-refractivity contribution is 0.0986. The molecule has 0 bridgehead atoms. The van der Waals surface area contributed by atoms with Crippen LogP contribution in [0.15, 0.2) is 61.2 Å². The number of halogens is 1. The Bertz CT molecular complexity index is 1180. The first-order valence-corrected chi connectivity index (χ1v) is 10.1. The molecule has 6 nitrogen and oxygen atoms in total. The van der Waals surface area contributed by atoms with Gasteiger partial charge < -0.3 is 4.57 Å². The fourth-order valence-corrected chi connectivity index (χ4v) is 4.22. The third-order valence-electron chi connectivity index (χ3n) is 4.70. The lowest BCUT2D eigenvalue weighted by Gasteiger charge is -2.20. The van der Waals surface area contributed by atoms with Gasteiger partial charge in [0.15, 0.2) is 5.13 Å². The molecule has 0 saturated carbocycles. The van der Waals surface area contributed by atoms with Crippen LogP contribution in [-0.4, -0.2) is 27.0 Å². The molecular weight excluding hydrogens is 418 g/mol. The number of nitriles is 1. The molecule has 0 radical (unpaired) electrons. The van der Waals surface area contributed by atoms with E-state index in [4.69, 9.17) is 10.2 Å². The maximum Gasteiger partial charge on any atom is 0.260 e. The van der Waals surface area contributed by atoms with Crippen LogP contribution >= 0.6 is 23.7 Å². The van der Waals surface area contributed by atoms with Crippen molar-refractivity contribution in [2.24, 2.45) is 0 Å². The molecule has 4 rings (SSSR count). The Kier molecular flexibility index (Phi) is 6.83. The van der Waals surface area contributed by atoms with Crippen LogP contribution in [0.25, 0.3) is 10.2 Å². The van der Waals surface area contributed by atoms with E-state index in [2.05, 4.69) is 11.1 Å². The number of carbonyl (C=O) groups excluding carboxylic acids is 1. The molecule has 4 aromatic rings. The van der Waals surface area contributed by atoms with Crippen molar-refractivity contribution in [3.63, 3.8) is 0 Å². The Labute approximate surface area is 184 Å². The van der Waals surface area contributed by atoms with Gasteiger partial charge in [-0.15, -0.1) is 12.4 Å². The van der Waals surface area contributed by atoms with Gasteiger partial charge in [-0.2, -0.15) is 5.26 Å². The van der Waals surface area contributed by atoms with Crippen molar-refractivity contribution < 1.29 is 4.79 Å². The van der Waals surface area contributed by atoms with Crippen molar-refractivity contribution in [2.45, 2.75) is 19.9 Å². The van der Waals surface area contributed by atoms with Crippen molar-refractivity contribution in [1.82, 2.24) is 14.5 Å². The lowest BCUT2D eigenvalue weighted by atomic mass is 10.1. The maximum atomic E-state index is 13.3. The van der Waals surface area contributed by atoms with E-state index in [-0.39, 0.29) is 18.3 Å². The quantitative estimate of drug-likeness (QED) is 0.433. The third kappa shape index (κ3) is 4.51. The molecule has 0 N–H and O–H groups in total. The molecule has 0 fully saturated rings. The summed E-state index contributed by atoms with van der Waals surface area (Å²) in [7, 11) is 0. The van der Waals surface area contributed by atoms with Crippen LogP contribution in [0.4, 0.5) is 5.13 Å². The number of carbonyl (C=O) groups is 1. The SMILES string of the molecule is Cc1cccc2sc(N(CCCn3ccnc3)C(=O)c3ccc(C#N)cc3)nc12.Cl. The number of aromatic nitrogens is 3. The van der Waals surface area contributed by atoms with E-state index >= 15 is 0 Å². The van der Waals surface area contributed by atoms with Crippen molar-refractivity contribution in [1.29, 1.82) is 5.26 Å². The van der Waals surface area contributed by atoms with Crippen LogP contribution < -0.4 is 4.90 Å². The molecule has 1 amide bonds. The Morgan fingerprint density at radius 1 is 1.23 bits per heavy atom. The molecule has 0 unspecified atom stereocenters. The second-order valence-corrected chi connectivity index (χ2v) is 7.73. The molecule has 2 aromatic heterocycles. The number of thiazole rings is 1. The second kappa shape index (κ2) is 9.53.